The van der Waals surface area contributed by atoms with E-state index in [1.165, 1.54) is 7.11 Å². The fraction of sp³-hybridized carbons (Fsp3) is 0.583. The Labute approximate surface area is 206 Å². The standard InChI is InChI=1S/C24H36N2O7S/c1-18(34)25-22(30)9-12-24(10-4-13-27,11-5-14-28)26-23(31)6-3-15-33-20-8-7-19(17-29)16-21(20)32-2/h7-8,13-14,16,18,29,34H,3-6,9-12,15,17H2,1-2H3,(H,25,30)(H,26,31). The Bertz CT molecular complexity index is 790. The van der Waals surface area contributed by atoms with Crippen molar-refractivity contribution in [1.29, 1.82) is 0 Å². The zero-order chi connectivity index (χ0) is 25.4. The lowest BCUT2D eigenvalue weighted by atomic mass is 9.83. The lowest BCUT2D eigenvalue weighted by molar-refractivity contribution is -0.126. The smallest absolute Gasteiger partial charge is 0.220 e. The molecule has 0 aliphatic heterocycles. The Kier molecular flexibility index (Phi) is 13.9. The summed E-state index contributed by atoms with van der Waals surface area (Å²) < 4.78 is 11.0. The molecule has 0 heterocycles. The van der Waals surface area contributed by atoms with Crippen molar-refractivity contribution in [3.63, 3.8) is 0 Å². The van der Waals surface area contributed by atoms with Crippen LogP contribution < -0.4 is 20.1 Å². The number of thiol groups is 1. The van der Waals surface area contributed by atoms with Gasteiger partial charge in [0.15, 0.2) is 11.5 Å². The van der Waals surface area contributed by atoms with Crippen LogP contribution in [0.1, 0.15) is 63.9 Å². The third-order valence-electron chi connectivity index (χ3n) is 5.30. The van der Waals surface area contributed by atoms with Crippen LogP contribution >= 0.6 is 12.6 Å². The highest BCUT2D eigenvalue weighted by Crippen LogP contribution is 2.28. The highest BCUT2D eigenvalue weighted by molar-refractivity contribution is 7.80. The number of benzene rings is 1. The second-order valence-electron chi connectivity index (χ2n) is 8.08. The predicted octanol–water partition coefficient (Wildman–Crippen LogP) is 2.33. The van der Waals surface area contributed by atoms with Gasteiger partial charge in [0.05, 0.1) is 25.7 Å². The van der Waals surface area contributed by atoms with Gasteiger partial charge in [0, 0.05) is 31.2 Å². The fourth-order valence-corrected chi connectivity index (χ4v) is 3.74. The number of hydrogen-bond donors (Lipinski definition) is 4. The maximum absolute atomic E-state index is 12.7. The number of hydrogen-bond acceptors (Lipinski definition) is 8. The highest BCUT2D eigenvalue weighted by Gasteiger charge is 2.31. The molecule has 190 valence electrons. The summed E-state index contributed by atoms with van der Waals surface area (Å²) in [4.78, 5) is 46.9. The van der Waals surface area contributed by atoms with Crippen molar-refractivity contribution in [2.45, 2.75) is 75.8 Å². The van der Waals surface area contributed by atoms with Gasteiger partial charge in [0.25, 0.3) is 0 Å². The Balaban J connectivity index is 2.72. The van der Waals surface area contributed by atoms with E-state index >= 15 is 0 Å². The van der Waals surface area contributed by atoms with Crippen LogP contribution in [0.5, 0.6) is 11.5 Å². The molecule has 3 N–H and O–H groups in total. The number of carbonyl (C=O) groups excluding carboxylic acids is 4. The molecule has 0 spiro atoms. The molecule has 0 aliphatic rings. The van der Waals surface area contributed by atoms with E-state index < -0.39 is 5.54 Å². The maximum Gasteiger partial charge on any atom is 0.220 e. The Morgan fingerprint density at radius 3 is 2.32 bits per heavy atom. The van der Waals surface area contributed by atoms with E-state index in [1.54, 1.807) is 25.1 Å². The van der Waals surface area contributed by atoms with Gasteiger partial charge in [-0.1, -0.05) is 6.07 Å². The van der Waals surface area contributed by atoms with Gasteiger partial charge in [-0.15, -0.1) is 0 Å². The summed E-state index contributed by atoms with van der Waals surface area (Å²) in [5.41, 5.74) is -0.136. The van der Waals surface area contributed by atoms with Crippen LogP contribution in [0.3, 0.4) is 0 Å². The first-order valence-corrected chi connectivity index (χ1v) is 11.9. The molecule has 1 aromatic rings. The van der Waals surface area contributed by atoms with Crippen molar-refractivity contribution in [2.24, 2.45) is 0 Å². The first-order valence-electron chi connectivity index (χ1n) is 11.4. The summed E-state index contributed by atoms with van der Waals surface area (Å²) in [6.45, 7) is 1.88. The largest absolute Gasteiger partial charge is 0.493 e. The molecule has 1 unspecified atom stereocenters. The number of aldehydes is 2. The number of nitrogens with one attached hydrogen (secondary N) is 2. The van der Waals surface area contributed by atoms with Crippen LogP contribution in [0.15, 0.2) is 18.2 Å². The second-order valence-corrected chi connectivity index (χ2v) is 8.85. The summed E-state index contributed by atoms with van der Waals surface area (Å²) >= 11 is 4.14. The number of amides is 2. The Morgan fingerprint density at radius 1 is 1.09 bits per heavy atom. The molecular formula is C24H36N2O7S. The van der Waals surface area contributed by atoms with Crippen molar-refractivity contribution in [1.82, 2.24) is 10.6 Å². The normalized spacial score (nSPS) is 11.9. The van der Waals surface area contributed by atoms with E-state index in [2.05, 4.69) is 23.3 Å². The van der Waals surface area contributed by atoms with Gasteiger partial charge in [0.1, 0.15) is 12.6 Å². The summed E-state index contributed by atoms with van der Waals surface area (Å²) in [6, 6.07) is 5.11. The molecule has 2 amide bonds. The molecule has 0 bridgehead atoms. The Hall–Kier alpha value is -2.59. The molecule has 0 aliphatic carbocycles. The van der Waals surface area contributed by atoms with Crippen molar-refractivity contribution >= 4 is 37.0 Å². The fourth-order valence-electron chi connectivity index (χ4n) is 3.59. The van der Waals surface area contributed by atoms with E-state index in [0.29, 0.717) is 42.7 Å². The minimum Gasteiger partial charge on any atom is -0.493 e. The van der Waals surface area contributed by atoms with Crippen LogP contribution in [0.25, 0.3) is 0 Å². The monoisotopic (exact) mass is 496 g/mol. The van der Waals surface area contributed by atoms with Crippen molar-refractivity contribution < 1.29 is 33.8 Å². The minimum atomic E-state index is -0.833. The molecule has 9 nitrogen and oxygen atoms in total. The van der Waals surface area contributed by atoms with Gasteiger partial charge in [-0.25, -0.2) is 0 Å². The molecular weight excluding hydrogens is 460 g/mol. The van der Waals surface area contributed by atoms with Gasteiger partial charge in [-0.3, -0.25) is 9.59 Å². The first kappa shape index (κ1) is 29.4. The first-order chi connectivity index (χ1) is 16.3. The molecule has 0 saturated carbocycles. The summed E-state index contributed by atoms with van der Waals surface area (Å²) in [6.07, 6.45) is 3.64. The maximum atomic E-state index is 12.7. The molecule has 1 atom stereocenters. The molecule has 1 rings (SSSR count). The molecule has 10 heteroatoms. The zero-order valence-corrected chi connectivity index (χ0v) is 20.8. The third kappa shape index (κ3) is 11.0. The van der Waals surface area contributed by atoms with E-state index in [4.69, 9.17) is 9.47 Å². The topological polar surface area (TPSA) is 131 Å². The molecule has 0 saturated heterocycles. The van der Waals surface area contributed by atoms with Crippen LogP contribution in [-0.4, -0.2) is 54.1 Å². The van der Waals surface area contributed by atoms with Crippen molar-refractivity contribution in [3.05, 3.63) is 23.8 Å². The number of carbonyl (C=O) groups is 4. The van der Waals surface area contributed by atoms with E-state index in [0.717, 1.165) is 12.6 Å². The molecule has 1 aromatic carbocycles. The van der Waals surface area contributed by atoms with E-state index in [9.17, 15) is 24.3 Å². The lowest BCUT2D eigenvalue weighted by Crippen LogP contribution is -2.49. The molecule has 34 heavy (non-hydrogen) atoms. The summed E-state index contributed by atoms with van der Waals surface area (Å²) in [7, 11) is 1.51. The molecule has 0 fully saturated rings. The van der Waals surface area contributed by atoms with Crippen molar-refractivity contribution in [2.75, 3.05) is 13.7 Å². The number of aliphatic hydroxyl groups is 1. The third-order valence-corrected chi connectivity index (χ3v) is 5.43. The summed E-state index contributed by atoms with van der Waals surface area (Å²) in [5, 5.41) is 14.6. The van der Waals surface area contributed by atoms with Gasteiger partial charge < -0.3 is 34.8 Å². The summed E-state index contributed by atoms with van der Waals surface area (Å²) in [5.74, 6) is 0.543. The molecule has 0 radical (unpaired) electrons. The number of aliphatic hydroxyl groups excluding tert-OH is 1. The van der Waals surface area contributed by atoms with Gasteiger partial charge in [-0.2, -0.15) is 12.6 Å². The van der Waals surface area contributed by atoms with Crippen LogP contribution in [0.4, 0.5) is 0 Å². The van der Waals surface area contributed by atoms with E-state index in [1.807, 2.05) is 0 Å². The second kappa shape index (κ2) is 16.1. The van der Waals surface area contributed by atoms with Crippen LogP contribution in [0.2, 0.25) is 0 Å². The number of ether oxygens (including phenoxy) is 2. The van der Waals surface area contributed by atoms with Crippen molar-refractivity contribution in [3.8, 4) is 11.5 Å². The van der Waals surface area contributed by atoms with Gasteiger partial charge in [-0.05, 0) is 50.3 Å². The lowest BCUT2D eigenvalue weighted by Gasteiger charge is -2.34. The van der Waals surface area contributed by atoms with E-state index in [-0.39, 0.29) is 56.1 Å². The van der Waals surface area contributed by atoms with Crippen LogP contribution in [-0.2, 0) is 25.8 Å². The Morgan fingerprint density at radius 2 is 1.76 bits per heavy atom. The quantitative estimate of drug-likeness (QED) is 0.106. The number of rotatable bonds is 18. The average molecular weight is 497 g/mol. The average Bonchev–Trinajstić information content (AvgIpc) is 2.82. The van der Waals surface area contributed by atoms with Gasteiger partial charge in [0.2, 0.25) is 11.8 Å². The minimum absolute atomic E-state index is 0.109. The SMILES string of the molecule is COc1cc(CO)ccc1OCCCC(=O)NC(CCC=O)(CCC=O)CCC(=O)NC(C)S. The molecule has 0 aromatic heterocycles. The predicted molar refractivity (Wildman–Crippen MR) is 131 cm³/mol. The number of methoxy groups -OCH3 is 1. The van der Waals surface area contributed by atoms with Gasteiger partial charge >= 0.3 is 0 Å². The highest BCUT2D eigenvalue weighted by atomic mass is 32.1. The zero-order valence-electron chi connectivity index (χ0n) is 19.9. The van der Waals surface area contributed by atoms with Crippen LogP contribution in [0, 0.1) is 0 Å².